The molecule has 0 aliphatic heterocycles. The minimum absolute atomic E-state index is 0.156. The Hall–Kier alpha value is -1.94. The van der Waals surface area contributed by atoms with Crippen molar-refractivity contribution in [3.63, 3.8) is 0 Å². The molecule has 0 amide bonds. The Balaban J connectivity index is 2.46. The van der Waals surface area contributed by atoms with Crippen molar-refractivity contribution in [1.82, 2.24) is 0 Å². The topological polar surface area (TPSA) is 43.1 Å². The van der Waals surface area contributed by atoms with Crippen LogP contribution < -0.4 is 5.19 Å². The van der Waals surface area contributed by atoms with Crippen LogP contribution in [-0.2, 0) is 0 Å². The van der Waals surface area contributed by atoms with Crippen molar-refractivity contribution in [2.75, 3.05) is 0 Å². The molecule has 98 valence electrons. The second kappa shape index (κ2) is 4.97. The molecule has 0 saturated carbocycles. The fourth-order valence-electron chi connectivity index (χ4n) is 2.03. The van der Waals surface area contributed by atoms with Gasteiger partial charge >= 0.3 is 0 Å². The number of rotatable bonds is 3. The molecule has 19 heavy (non-hydrogen) atoms. The van der Waals surface area contributed by atoms with Crippen LogP contribution in [0.25, 0.3) is 11.1 Å². The van der Waals surface area contributed by atoms with Gasteiger partial charge in [-0.05, 0) is 11.6 Å². The molecule has 0 unspecified atom stereocenters. The Bertz CT molecular complexity index is 600. The van der Waals surface area contributed by atoms with E-state index in [1.54, 1.807) is 18.2 Å². The van der Waals surface area contributed by atoms with E-state index in [1.165, 1.54) is 5.19 Å². The molecule has 2 aromatic carbocycles. The molecule has 4 heteroatoms. The Labute approximate surface area is 114 Å². The molecule has 2 aromatic rings. The lowest BCUT2D eigenvalue weighted by Gasteiger charge is -2.16. The summed E-state index contributed by atoms with van der Waals surface area (Å²) in [7, 11) is -1.33. The number of benzene rings is 2. The maximum Gasteiger partial charge on any atom is 0.277 e. The lowest BCUT2D eigenvalue weighted by atomic mass is 10.0. The van der Waals surface area contributed by atoms with E-state index in [-0.39, 0.29) is 10.6 Å². The third kappa shape index (κ3) is 2.90. The van der Waals surface area contributed by atoms with Crippen LogP contribution in [0.5, 0.6) is 0 Å². The Morgan fingerprint density at radius 1 is 0.947 bits per heavy atom. The summed E-state index contributed by atoms with van der Waals surface area (Å²) in [4.78, 5) is 10.7. The smallest absolute Gasteiger partial charge is 0.258 e. The third-order valence-electron chi connectivity index (χ3n) is 3.16. The van der Waals surface area contributed by atoms with Gasteiger partial charge in [-0.2, -0.15) is 0 Å². The Morgan fingerprint density at radius 2 is 1.53 bits per heavy atom. The van der Waals surface area contributed by atoms with Gasteiger partial charge in [0.05, 0.1) is 18.6 Å². The second-order valence-corrected chi connectivity index (χ2v) is 10.7. The third-order valence-corrected chi connectivity index (χ3v) is 5.23. The molecule has 0 saturated heterocycles. The summed E-state index contributed by atoms with van der Waals surface area (Å²) in [5, 5.41) is 12.4. The summed E-state index contributed by atoms with van der Waals surface area (Å²) >= 11 is 0. The first kappa shape index (κ1) is 13.5. The zero-order chi connectivity index (χ0) is 14.0. The monoisotopic (exact) mass is 271 g/mol. The number of nitro groups is 1. The standard InChI is InChI=1S/C15H17NO2Si/c1-19(2,3)13-10-8-12(9-11-13)14-6-4-5-7-15(14)16(17)18/h4-11H,1-3H3. The highest BCUT2D eigenvalue weighted by molar-refractivity contribution is 6.88. The molecule has 0 aliphatic rings. The van der Waals surface area contributed by atoms with Crippen molar-refractivity contribution in [3.8, 4) is 11.1 Å². The number of para-hydroxylation sites is 1. The van der Waals surface area contributed by atoms with E-state index in [9.17, 15) is 10.1 Å². The molecule has 0 aliphatic carbocycles. The first-order chi connectivity index (χ1) is 8.89. The lowest BCUT2D eigenvalue weighted by Crippen LogP contribution is -2.37. The molecule has 0 heterocycles. The lowest BCUT2D eigenvalue weighted by molar-refractivity contribution is -0.384. The van der Waals surface area contributed by atoms with Crippen molar-refractivity contribution in [2.45, 2.75) is 19.6 Å². The van der Waals surface area contributed by atoms with E-state index in [0.717, 1.165) is 5.56 Å². The van der Waals surface area contributed by atoms with Gasteiger partial charge in [-0.25, -0.2) is 0 Å². The first-order valence-electron chi connectivity index (χ1n) is 6.24. The minimum atomic E-state index is -1.33. The average molecular weight is 271 g/mol. The van der Waals surface area contributed by atoms with Gasteiger partial charge in [0.25, 0.3) is 5.69 Å². The summed E-state index contributed by atoms with van der Waals surface area (Å²) in [5.41, 5.74) is 1.73. The second-order valence-electron chi connectivity index (χ2n) is 5.60. The fourth-order valence-corrected chi connectivity index (χ4v) is 3.19. The summed E-state index contributed by atoms with van der Waals surface area (Å²) < 4.78 is 0. The largest absolute Gasteiger partial charge is 0.277 e. The van der Waals surface area contributed by atoms with E-state index in [4.69, 9.17) is 0 Å². The van der Waals surface area contributed by atoms with Crippen LogP contribution in [0.1, 0.15) is 0 Å². The molecule has 0 bridgehead atoms. The van der Waals surface area contributed by atoms with Gasteiger partial charge in [-0.15, -0.1) is 0 Å². The van der Waals surface area contributed by atoms with Gasteiger partial charge in [0, 0.05) is 6.07 Å². The maximum absolute atomic E-state index is 11.0. The molecular formula is C15H17NO2Si. The molecule has 3 nitrogen and oxygen atoms in total. The molecule has 0 N–H and O–H groups in total. The van der Waals surface area contributed by atoms with Crippen LogP contribution in [0.2, 0.25) is 19.6 Å². The fraction of sp³-hybridized carbons (Fsp3) is 0.200. The van der Waals surface area contributed by atoms with Crippen LogP contribution in [0, 0.1) is 10.1 Å². The molecule has 0 aromatic heterocycles. The molecule has 2 rings (SSSR count). The van der Waals surface area contributed by atoms with E-state index < -0.39 is 8.07 Å². The van der Waals surface area contributed by atoms with Gasteiger partial charge < -0.3 is 0 Å². The molecule has 0 radical (unpaired) electrons. The number of nitro benzene ring substituents is 1. The Morgan fingerprint density at radius 3 is 2.05 bits per heavy atom. The normalized spacial score (nSPS) is 11.3. The van der Waals surface area contributed by atoms with Gasteiger partial charge in [0.1, 0.15) is 0 Å². The first-order valence-corrected chi connectivity index (χ1v) is 9.74. The van der Waals surface area contributed by atoms with Crippen molar-refractivity contribution in [2.24, 2.45) is 0 Å². The SMILES string of the molecule is C[Si](C)(C)c1ccc(-c2ccccc2[N+](=O)[O-])cc1. The predicted molar refractivity (Wildman–Crippen MR) is 81.5 cm³/mol. The van der Waals surface area contributed by atoms with Crippen molar-refractivity contribution < 1.29 is 4.92 Å². The van der Waals surface area contributed by atoms with Crippen LogP contribution in [0.15, 0.2) is 48.5 Å². The summed E-state index contributed by atoms with van der Waals surface area (Å²) in [6.07, 6.45) is 0. The predicted octanol–water partition coefficient (Wildman–Crippen LogP) is 3.81. The van der Waals surface area contributed by atoms with Gasteiger partial charge in [-0.3, -0.25) is 10.1 Å². The zero-order valence-electron chi connectivity index (χ0n) is 11.4. The highest BCUT2D eigenvalue weighted by atomic mass is 28.3. The zero-order valence-corrected chi connectivity index (χ0v) is 12.4. The van der Waals surface area contributed by atoms with Crippen molar-refractivity contribution in [1.29, 1.82) is 0 Å². The van der Waals surface area contributed by atoms with Gasteiger partial charge in [0.15, 0.2) is 0 Å². The molecule has 0 atom stereocenters. The van der Waals surface area contributed by atoms with Crippen LogP contribution >= 0.6 is 0 Å². The summed E-state index contributed by atoms with van der Waals surface area (Å²) in [5.74, 6) is 0. The number of hydrogen-bond donors (Lipinski definition) is 0. The summed E-state index contributed by atoms with van der Waals surface area (Å²) in [6.45, 7) is 6.85. The van der Waals surface area contributed by atoms with Crippen LogP contribution in [0.4, 0.5) is 5.69 Å². The van der Waals surface area contributed by atoms with Crippen molar-refractivity contribution >= 4 is 18.9 Å². The highest BCUT2D eigenvalue weighted by Gasteiger charge is 2.17. The number of hydrogen-bond acceptors (Lipinski definition) is 2. The summed E-state index contributed by atoms with van der Waals surface area (Å²) in [6, 6.07) is 15.0. The van der Waals surface area contributed by atoms with Crippen LogP contribution in [-0.4, -0.2) is 13.0 Å². The quantitative estimate of drug-likeness (QED) is 0.484. The van der Waals surface area contributed by atoms with Crippen molar-refractivity contribution in [3.05, 3.63) is 58.6 Å². The van der Waals surface area contributed by atoms with Gasteiger partial charge in [-0.1, -0.05) is 61.2 Å². The van der Waals surface area contributed by atoms with E-state index >= 15 is 0 Å². The Kier molecular flexibility index (Phi) is 3.53. The minimum Gasteiger partial charge on any atom is -0.258 e. The van der Waals surface area contributed by atoms with E-state index in [0.29, 0.717) is 5.56 Å². The molecule has 0 spiro atoms. The maximum atomic E-state index is 11.0. The molecule has 0 fully saturated rings. The number of nitrogens with zero attached hydrogens (tertiary/aromatic N) is 1. The average Bonchev–Trinajstić information content (AvgIpc) is 2.38. The van der Waals surface area contributed by atoms with E-state index in [2.05, 4.69) is 31.8 Å². The molecular weight excluding hydrogens is 254 g/mol. The van der Waals surface area contributed by atoms with E-state index in [1.807, 2.05) is 18.2 Å². The van der Waals surface area contributed by atoms with Crippen LogP contribution in [0.3, 0.4) is 0 Å². The highest BCUT2D eigenvalue weighted by Crippen LogP contribution is 2.28. The van der Waals surface area contributed by atoms with Gasteiger partial charge in [0.2, 0.25) is 0 Å².